The highest BCUT2D eigenvalue weighted by Gasteiger charge is 2.88. The van der Waals surface area contributed by atoms with Crippen LogP contribution >= 0.6 is 92.8 Å². The average Bonchev–Trinajstić information content (AvgIpc) is 3.32. The number of Topliss-reactive ketones (excluding diaryl/α,β-unsaturated/α-hetero) is 1. The molecule has 15 heteroatoms. The summed E-state index contributed by atoms with van der Waals surface area (Å²) in [7, 11) is 0. The highest BCUT2D eigenvalue weighted by Crippen LogP contribution is 2.77. The van der Waals surface area contributed by atoms with E-state index < -0.39 is 61.3 Å². The van der Waals surface area contributed by atoms with Crippen LogP contribution < -0.4 is 0 Å². The van der Waals surface area contributed by atoms with Crippen LogP contribution in [0.25, 0.3) is 0 Å². The lowest BCUT2D eigenvalue weighted by molar-refractivity contribution is -0.157. The molecule has 41 heavy (non-hydrogen) atoms. The van der Waals surface area contributed by atoms with Gasteiger partial charge in [0, 0.05) is 22.0 Å². The number of hydrogen-bond acceptors (Lipinski definition) is 4. The van der Waals surface area contributed by atoms with Crippen LogP contribution in [0.2, 0.25) is 5.02 Å². The summed E-state index contributed by atoms with van der Waals surface area (Å²) in [5, 5.41) is 0.866. The molecule has 2 aliphatic carbocycles. The van der Waals surface area contributed by atoms with Crippen molar-refractivity contribution >= 4 is 116 Å². The van der Waals surface area contributed by atoms with E-state index in [0.717, 1.165) is 12.1 Å². The minimum atomic E-state index is -2.20. The molecule has 0 N–H and O–H groups in total. The molecular formula is C26H15Cl8FN2O4. The summed E-state index contributed by atoms with van der Waals surface area (Å²) in [6.07, 6.45) is -0.212. The molecule has 0 unspecified atom stereocenters. The first kappa shape index (κ1) is 31.1. The van der Waals surface area contributed by atoms with Crippen LogP contribution in [0.3, 0.4) is 0 Å². The number of amides is 3. The highest BCUT2D eigenvalue weighted by atomic mass is 35.5. The second kappa shape index (κ2) is 10.7. The third-order valence-corrected chi connectivity index (χ3v) is 12.2. The van der Waals surface area contributed by atoms with Gasteiger partial charge >= 0.3 is 0 Å². The maximum Gasteiger partial charge on any atom is 0.273 e. The van der Waals surface area contributed by atoms with Crippen LogP contribution in [-0.4, -0.2) is 59.5 Å². The lowest BCUT2D eigenvalue weighted by atomic mass is 9.84. The van der Waals surface area contributed by atoms with Crippen molar-refractivity contribution in [3.8, 4) is 0 Å². The van der Waals surface area contributed by atoms with Crippen LogP contribution in [0, 0.1) is 17.7 Å². The third-order valence-electron chi connectivity index (χ3n) is 7.51. The largest absolute Gasteiger partial charge is 0.292 e. The van der Waals surface area contributed by atoms with Gasteiger partial charge in [0.1, 0.15) is 21.6 Å². The normalized spacial score (nSPS) is 28.8. The number of nitrogens with zero attached hydrogens (tertiary/aromatic N) is 2. The summed E-state index contributed by atoms with van der Waals surface area (Å²) < 4.78 is 11.4. The molecule has 5 rings (SSSR count). The van der Waals surface area contributed by atoms with Gasteiger partial charge in [-0.1, -0.05) is 58.0 Å². The van der Waals surface area contributed by atoms with Crippen molar-refractivity contribution in [3.05, 3.63) is 80.6 Å². The Morgan fingerprint density at radius 1 is 0.829 bits per heavy atom. The number of fused-ring (bicyclic) bond motifs is 5. The number of benzene rings is 2. The fraction of sp³-hybridized carbons (Fsp3) is 0.308. The lowest BCUT2D eigenvalue weighted by Gasteiger charge is -2.39. The Bertz CT molecular complexity index is 1470. The Balaban J connectivity index is 1.67. The molecule has 1 heterocycles. The van der Waals surface area contributed by atoms with E-state index in [1.165, 1.54) is 36.4 Å². The molecule has 0 aromatic heterocycles. The van der Waals surface area contributed by atoms with E-state index in [1.807, 2.05) is 0 Å². The van der Waals surface area contributed by atoms with E-state index in [2.05, 4.69) is 0 Å². The number of rotatable bonds is 7. The van der Waals surface area contributed by atoms with E-state index in [-0.39, 0.29) is 33.5 Å². The zero-order chi connectivity index (χ0) is 30.2. The van der Waals surface area contributed by atoms with Crippen LogP contribution in [0.15, 0.2) is 58.6 Å². The number of carbonyl (C=O) groups is 4. The number of imide groups is 1. The number of hydrogen-bond donors (Lipinski definition) is 0. The number of hydrazine groups is 1. The fourth-order valence-electron chi connectivity index (χ4n) is 5.56. The molecule has 5 atom stereocenters. The van der Waals surface area contributed by atoms with E-state index in [9.17, 15) is 23.6 Å². The Kier molecular flexibility index (Phi) is 8.13. The van der Waals surface area contributed by atoms with E-state index >= 15 is 0 Å². The van der Waals surface area contributed by atoms with Crippen molar-refractivity contribution in [2.75, 3.05) is 5.88 Å². The van der Waals surface area contributed by atoms with Crippen LogP contribution in [0.5, 0.6) is 0 Å². The van der Waals surface area contributed by atoms with Gasteiger partial charge in [-0.3, -0.25) is 19.2 Å². The van der Waals surface area contributed by atoms with Gasteiger partial charge in [-0.05, 0) is 55.0 Å². The molecule has 0 radical (unpaired) electrons. The second-order valence-corrected chi connectivity index (χ2v) is 13.7. The molecule has 3 amide bonds. The summed E-state index contributed by atoms with van der Waals surface area (Å²) in [5.41, 5.74) is -0.0356. The molecule has 6 nitrogen and oxygen atoms in total. The second-order valence-electron chi connectivity index (χ2n) is 9.59. The summed E-state index contributed by atoms with van der Waals surface area (Å²) in [6, 6.07) is 8.50. The molecule has 1 saturated heterocycles. The van der Waals surface area contributed by atoms with Crippen LogP contribution in [0.4, 0.5) is 4.39 Å². The van der Waals surface area contributed by atoms with E-state index in [0.29, 0.717) is 15.0 Å². The van der Waals surface area contributed by atoms with Gasteiger partial charge in [0.05, 0.1) is 21.9 Å². The lowest BCUT2D eigenvalue weighted by Crippen LogP contribution is -2.60. The number of halogens is 9. The number of allylic oxidation sites excluding steroid dienone is 2. The summed E-state index contributed by atoms with van der Waals surface area (Å²) >= 11 is 51.6. The SMILES string of the molecule is O=C(c1ccc(F)cc1)[C@H](CCCl)N(C(=O)c1ccc(Cl)cc1)N1C(=O)[C@@H]2[C@@H](C1=O)[C@@]1(Cl)C(Cl)=C(Cl)[C@@]2(Cl)C1(Cl)Cl. The van der Waals surface area contributed by atoms with Crippen molar-refractivity contribution in [1.29, 1.82) is 0 Å². The van der Waals surface area contributed by atoms with Crippen molar-refractivity contribution in [1.82, 2.24) is 10.0 Å². The number of alkyl halides is 5. The van der Waals surface area contributed by atoms with Gasteiger partial charge in [0.15, 0.2) is 10.1 Å². The third kappa shape index (κ3) is 4.18. The Labute approximate surface area is 273 Å². The standard InChI is InChI=1S/C26H15Cl8FN2O4/c27-10-9-15(18(38)11-3-7-14(35)8-4-11)36(21(39)12-1-5-13(28)6-2-12)37-22(40)16-17(23(37)41)25(32)20(30)19(29)24(16,31)26(25,33)34/h1-8,15-17H,9-10H2/t15-,16-,17-,24+,25+/m0/s1. The smallest absolute Gasteiger partial charge is 0.273 e. The summed E-state index contributed by atoms with van der Waals surface area (Å²) in [5.74, 6) is -7.64. The first-order chi connectivity index (χ1) is 19.2. The van der Waals surface area contributed by atoms with Crippen LogP contribution in [0.1, 0.15) is 27.1 Å². The molecule has 1 saturated carbocycles. The molecule has 2 aromatic carbocycles. The van der Waals surface area contributed by atoms with Gasteiger partial charge in [-0.25, -0.2) is 9.40 Å². The van der Waals surface area contributed by atoms with Gasteiger partial charge in [-0.15, -0.1) is 34.8 Å². The Hall–Kier alpha value is -1.29. The summed E-state index contributed by atoms with van der Waals surface area (Å²) in [6.45, 7) is 0. The van der Waals surface area contributed by atoms with Gasteiger partial charge in [0.25, 0.3) is 17.7 Å². The maximum atomic E-state index is 14.1. The van der Waals surface area contributed by atoms with Crippen molar-refractivity contribution in [3.63, 3.8) is 0 Å². The Morgan fingerprint density at radius 3 is 1.76 bits per heavy atom. The maximum absolute atomic E-state index is 14.1. The topological polar surface area (TPSA) is 74.8 Å². The molecule has 3 aliphatic rings. The predicted octanol–water partition coefficient (Wildman–Crippen LogP) is 7.16. The quantitative estimate of drug-likeness (QED) is 0.173. The molecule has 216 valence electrons. The van der Waals surface area contributed by atoms with Gasteiger partial charge < -0.3 is 0 Å². The minimum absolute atomic E-state index is 0.00861. The molecule has 0 spiro atoms. The monoisotopic (exact) mass is 718 g/mol. The number of carbonyl (C=O) groups excluding carboxylic acids is 4. The van der Waals surface area contributed by atoms with Gasteiger partial charge in [-0.2, -0.15) is 5.01 Å². The van der Waals surface area contributed by atoms with Crippen molar-refractivity contribution < 1.29 is 23.6 Å². The van der Waals surface area contributed by atoms with Crippen molar-refractivity contribution in [2.45, 2.75) is 26.5 Å². The molecule has 1 aliphatic heterocycles. The van der Waals surface area contributed by atoms with Crippen molar-refractivity contribution in [2.24, 2.45) is 11.8 Å². The molecule has 2 aromatic rings. The van der Waals surface area contributed by atoms with Crippen LogP contribution in [-0.2, 0) is 9.59 Å². The van der Waals surface area contributed by atoms with E-state index in [1.54, 1.807) is 0 Å². The fourth-order valence-corrected chi connectivity index (χ4v) is 8.83. The molecule has 2 fully saturated rings. The zero-order valence-electron chi connectivity index (χ0n) is 20.2. The first-order valence-corrected chi connectivity index (χ1v) is 15.0. The highest BCUT2D eigenvalue weighted by molar-refractivity contribution is 6.66. The first-order valence-electron chi connectivity index (χ1n) is 11.8. The molecule has 2 bridgehead atoms. The zero-order valence-corrected chi connectivity index (χ0v) is 26.2. The minimum Gasteiger partial charge on any atom is -0.292 e. The predicted molar refractivity (Wildman–Crippen MR) is 157 cm³/mol. The van der Waals surface area contributed by atoms with E-state index in [4.69, 9.17) is 92.8 Å². The number of ketones is 1. The summed E-state index contributed by atoms with van der Waals surface area (Å²) in [4.78, 5) is 51.8. The average molecular weight is 722 g/mol. The van der Waals surface area contributed by atoms with Gasteiger partial charge in [0.2, 0.25) is 0 Å². The Morgan fingerprint density at radius 2 is 1.29 bits per heavy atom. The molecular weight excluding hydrogens is 707 g/mol.